The summed E-state index contributed by atoms with van der Waals surface area (Å²) in [7, 11) is 0. The molecule has 2 rings (SSSR count). The van der Waals surface area contributed by atoms with Crippen molar-refractivity contribution in [1.29, 1.82) is 0 Å². The number of halogens is 1. The first-order valence-corrected chi connectivity index (χ1v) is 7.69. The normalized spacial score (nSPS) is 10.7. The Hall–Kier alpha value is -3.22. The fourth-order valence-corrected chi connectivity index (χ4v) is 1.94. The van der Waals surface area contributed by atoms with Crippen LogP contribution in [-0.4, -0.2) is 23.0 Å². The molecule has 6 nitrogen and oxygen atoms in total. The summed E-state index contributed by atoms with van der Waals surface area (Å²) in [5.41, 5.74) is 1.67. The molecule has 3 amide bonds. The van der Waals surface area contributed by atoms with Crippen molar-refractivity contribution in [3.63, 3.8) is 0 Å². The number of nitrogens with one attached hydrogen (secondary N) is 3. The monoisotopic (exact) mass is 342 g/mol. The number of rotatable bonds is 5. The van der Waals surface area contributed by atoms with E-state index in [4.69, 9.17) is 0 Å². The van der Waals surface area contributed by atoms with Crippen LogP contribution in [0.1, 0.15) is 19.4 Å². The molecule has 130 valence electrons. The minimum atomic E-state index is -0.466. The van der Waals surface area contributed by atoms with E-state index < -0.39 is 5.82 Å². The van der Waals surface area contributed by atoms with Gasteiger partial charge in [0.1, 0.15) is 5.82 Å². The molecule has 0 spiro atoms. The third kappa shape index (κ3) is 6.42. The Morgan fingerprint density at radius 2 is 1.72 bits per heavy atom. The van der Waals surface area contributed by atoms with E-state index in [1.54, 1.807) is 24.3 Å². The summed E-state index contributed by atoms with van der Waals surface area (Å²) >= 11 is 0. The Morgan fingerprint density at radius 3 is 2.32 bits per heavy atom. The van der Waals surface area contributed by atoms with Gasteiger partial charge in [0.15, 0.2) is 0 Å². The molecule has 0 atom stereocenters. The van der Waals surface area contributed by atoms with Crippen molar-refractivity contribution in [3.8, 4) is 0 Å². The number of carbonyl (C=O) groups excluding carboxylic acids is 2. The second-order valence-corrected chi connectivity index (χ2v) is 5.59. The zero-order chi connectivity index (χ0) is 18.2. The molecule has 0 bridgehead atoms. The van der Waals surface area contributed by atoms with Gasteiger partial charge in [-0.1, -0.05) is 0 Å². The number of benzene rings is 1. The van der Waals surface area contributed by atoms with E-state index in [0.29, 0.717) is 16.9 Å². The topological polar surface area (TPSA) is 83.1 Å². The van der Waals surface area contributed by atoms with Crippen LogP contribution in [0.5, 0.6) is 0 Å². The van der Waals surface area contributed by atoms with Crippen molar-refractivity contribution < 1.29 is 14.0 Å². The standard InChI is InChI=1S/C18H19FN4O2/c1-12(2)21-18(25)23-16-6-4-15(5-7-16)22-17(24)8-3-13-9-14(19)11-20-10-13/h3-12H,1-2H3,(H,22,24)(H2,21,23,25)/b8-3+. The van der Waals surface area contributed by atoms with Crippen LogP contribution in [0.2, 0.25) is 0 Å². The molecule has 0 aliphatic heterocycles. The van der Waals surface area contributed by atoms with Gasteiger partial charge in [0.2, 0.25) is 5.91 Å². The van der Waals surface area contributed by atoms with Crippen molar-refractivity contribution in [1.82, 2.24) is 10.3 Å². The number of nitrogens with zero attached hydrogens (tertiary/aromatic N) is 1. The number of hydrogen-bond acceptors (Lipinski definition) is 3. The van der Waals surface area contributed by atoms with Gasteiger partial charge >= 0.3 is 6.03 Å². The van der Waals surface area contributed by atoms with Crippen molar-refractivity contribution in [2.75, 3.05) is 10.6 Å². The third-order valence-corrected chi connectivity index (χ3v) is 2.98. The molecule has 0 saturated heterocycles. The Labute approximate surface area is 145 Å². The quantitative estimate of drug-likeness (QED) is 0.728. The number of pyridine rings is 1. The highest BCUT2D eigenvalue weighted by Crippen LogP contribution is 2.13. The van der Waals surface area contributed by atoms with E-state index in [2.05, 4.69) is 20.9 Å². The first-order chi connectivity index (χ1) is 11.9. The molecule has 0 aliphatic carbocycles. The Kier molecular flexibility index (Phi) is 6.22. The van der Waals surface area contributed by atoms with E-state index >= 15 is 0 Å². The average Bonchev–Trinajstić information content (AvgIpc) is 2.54. The van der Waals surface area contributed by atoms with Gasteiger partial charge in [-0.3, -0.25) is 9.78 Å². The van der Waals surface area contributed by atoms with Crippen LogP contribution in [0.25, 0.3) is 6.08 Å². The zero-order valence-electron chi connectivity index (χ0n) is 13.9. The van der Waals surface area contributed by atoms with Gasteiger partial charge in [0.05, 0.1) is 6.20 Å². The van der Waals surface area contributed by atoms with Crippen LogP contribution in [0, 0.1) is 5.82 Å². The predicted octanol–water partition coefficient (Wildman–Crippen LogP) is 3.40. The molecule has 2 aromatic rings. The lowest BCUT2D eigenvalue weighted by atomic mass is 10.2. The van der Waals surface area contributed by atoms with E-state index in [-0.39, 0.29) is 18.0 Å². The summed E-state index contributed by atoms with van der Waals surface area (Å²) in [6, 6.07) is 7.71. The van der Waals surface area contributed by atoms with Gasteiger partial charge in [0.25, 0.3) is 0 Å². The molecule has 0 aliphatic rings. The Morgan fingerprint density at radius 1 is 1.08 bits per heavy atom. The molecule has 3 N–H and O–H groups in total. The van der Waals surface area contributed by atoms with Gasteiger partial charge in [-0.2, -0.15) is 0 Å². The fraction of sp³-hybridized carbons (Fsp3) is 0.167. The summed E-state index contributed by atoms with van der Waals surface area (Å²) < 4.78 is 13.0. The number of anilines is 2. The summed E-state index contributed by atoms with van der Waals surface area (Å²) in [6.45, 7) is 3.73. The van der Waals surface area contributed by atoms with Gasteiger partial charge in [-0.05, 0) is 55.8 Å². The molecule has 7 heteroatoms. The average molecular weight is 342 g/mol. The smallest absolute Gasteiger partial charge is 0.319 e. The number of aromatic nitrogens is 1. The number of urea groups is 1. The minimum Gasteiger partial charge on any atom is -0.336 e. The fourth-order valence-electron chi connectivity index (χ4n) is 1.94. The molecular formula is C18H19FN4O2. The Bertz CT molecular complexity index is 773. The highest BCUT2D eigenvalue weighted by molar-refractivity contribution is 6.02. The molecule has 1 aromatic carbocycles. The molecule has 0 radical (unpaired) electrons. The highest BCUT2D eigenvalue weighted by atomic mass is 19.1. The maximum Gasteiger partial charge on any atom is 0.319 e. The van der Waals surface area contributed by atoms with E-state index in [0.717, 1.165) is 6.20 Å². The summed E-state index contributed by atoms with van der Waals surface area (Å²) in [4.78, 5) is 27.2. The van der Waals surface area contributed by atoms with Crippen LogP contribution in [0.15, 0.2) is 48.8 Å². The first kappa shape index (κ1) is 18.1. The van der Waals surface area contributed by atoms with Crippen LogP contribution < -0.4 is 16.0 Å². The van der Waals surface area contributed by atoms with Crippen molar-refractivity contribution in [2.45, 2.75) is 19.9 Å². The second kappa shape index (κ2) is 8.58. The van der Waals surface area contributed by atoms with E-state index in [1.165, 1.54) is 24.4 Å². The van der Waals surface area contributed by atoms with Crippen molar-refractivity contribution in [3.05, 3.63) is 60.2 Å². The third-order valence-electron chi connectivity index (χ3n) is 2.98. The first-order valence-electron chi connectivity index (χ1n) is 7.69. The van der Waals surface area contributed by atoms with Crippen LogP contribution >= 0.6 is 0 Å². The summed E-state index contributed by atoms with van der Waals surface area (Å²) in [5, 5.41) is 8.07. The van der Waals surface area contributed by atoms with Crippen LogP contribution in [0.4, 0.5) is 20.6 Å². The summed E-state index contributed by atoms with van der Waals surface area (Å²) in [6.07, 6.45) is 5.31. The number of hydrogen-bond donors (Lipinski definition) is 3. The SMILES string of the molecule is CC(C)NC(=O)Nc1ccc(NC(=O)/C=C/c2cncc(F)c2)cc1. The molecule has 1 aromatic heterocycles. The number of carbonyl (C=O) groups is 2. The molecular weight excluding hydrogens is 323 g/mol. The second-order valence-electron chi connectivity index (χ2n) is 5.59. The maximum absolute atomic E-state index is 13.0. The lowest BCUT2D eigenvalue weighted by Crippen LogP contribution is -2.34. The van der Waals surface area contributed by atoms with E-state index in [9.17, 15) is 14.0 Å². The van der Waals surface area contributed by atoms with E-state index in [1.807, 2.05) is 13.8 Å². The molecule has 0 unspecified atom stereocenters. The molecule has 25 heavy (non-hydrogen) atoms. The largest absolute Gasteiger partial charge is 0.336 e. The van der Waals surface area contributed by atoms with Gasteiger partial charge in [-0.15, -0.1) is 0 Å². The van der Waals surface area contributed by atoms with Crippen molar-refractivity contribution in [2.24, 2.45) is 0 Å². The lowest BCUT2D eigenvalue weighted by Gasteiger charge is -2.10. The predicted molar refractivity (Wildman–Crippen MR) is 95.6 cm³/mol. The zero-order valence-corrected chi connectivity index (χ0v) is 13.9. The molecule has 0 saturated carbocycles. The maximum atomic E-state index is 13.0. The highest BCUT2D eigenvalue weighted by Gasteiger charge is 2.04. The number of amides is 3. The van der Waals surface area contributed by atoms with Gasteiger partial charge < -0.3 is 16.0 Å². The summed E-state index contributed by atoms with van der Waals surface area (Å²) in [5.74, 6) is -0.824. The van der Waals surface area contributed by atoms with Crippen LogP contribution in [-0.2, 0) is 4.79 Å². The molecule has 1 heterocycles. The van der Waals surface area contributed by atoms with Crippen molar-refractivity contribution >= 4 is 29.4 Å². The molecule has 0 fully saturated rings. The minimum absolute atomic E-state index is 0.0404. The van der Waals surface area contributed by atoms with Gasteiger partial charge in [-0.25, -0.2) is 9.18 Å². The Balaban J connectivity index is 1.90. The van der Waals surface area contributed by atoms with Crippen LogP contribution in [0.3, 0.4) is 0 Å². The lowest BCUT2D eigenvalue weighted by molar-refractivity contribution is -0.111. The van der Waals surface area contributed by atoms with Gasteiger partial charge in [0, 0.05) is 29.7 Å².